The summed E-state index contributed by atoms with van der Waals surface area (Å²) in [7, 11) is 0. The van der Waals surface area contributed by atoms with Crippen molar-refractivity contribution in [2.24, 2.45) is 0 Å². The zero-order valence-electron chi connectivity index (χ0n) is 12.5. The van der Waals surface area contributed by atoms with E-state index in [1.54, 1.807) is 6.92 Å². The molecule has 1 atom stereocenters. The van der Waals surface area contributed by atoms with Gasteiger partial charge in [-0.1, -0.05) is 31.2 Å². The number of benzene rings is 2. The van der Waals surface area contributed by atoms with E-state index in [1.165, 1.54) is 12.1 Å². The van der Waals surface area contributed by atoms with Crippen LogP contribution < -0.4 is 10.6 Å². The van der Waals surface area contributed by atoms with E-state index in [4.69, 9.17) is 12.2 Å². The minimum absolute atomic E-state index is 0.366. The Bertz CT molecular complexity index is 673. The Morgan fingerprint density at radius 2 is 1.91 bits per heavy atom. The number of anilines is 1. The fourth-order valence-electron chi connectivity index (χ4n) is 2.24. The number of halogens is 2. The number of para-hydroxylation sites is 1. The first-order valence-electron chi connectivity index (χ1n) is 7.11. The SMILES string of the molecule is CCc1ccccc1NC(=S)N[C@H](C)c1ccc(F)cc1F. The molecule has 2 aromatic rings. The van der Waals surface area contributed by atoms with E-state index in [9.17, 15) is 8.78 Å². The Balaban J connectivity index is 2.05. The number of nitrogens with one attached hydrogen (secondary N) is 2. The number of aryl methyl sites for hydroxylation is 1. The van der Waals surface area contributed by atoms with Gasteiger partial charge < -0.3 is 10.6 Å². The van der Waals surface area contributed by atoms with Gasteiger partial charge in [-0.2, -0.15) is 0 Å². The summed E-state index contributed by atoms with van der Waals surface area (Å²) in [6, 6.07) is 11.0. The highest BCUT2D eigenvalue weighted by atomic mass is 32.1. The quantitative estimate of drug-likeness (QED) is 0.807. The summed E-state index contributed by atoms with van der Waals surface area (Å²) < 4.78 is 26.7. The van der Waals surface area contributed by atoms with Gasteiger partial charge in [0.15, 0.2) is 5.11 Å². The summed E-state index contributed by atoms with van der Waals surface area (Å²) in [5.74, 6) is -1.18. The van der Waals surface area contributed by atoms with Gasteiger partial charge in [0.1, 0.15) is 11.6 Å². The average molecular weight is 320 g/mol. The lowest BCUT2D eigenvalue weighted by molar-refractivity contribution is 0.554. The highest BCUT2D eigenvalue weighted by molar-refractivity contribution is 7.80. The van der Waals surface area contributed by atoms with Crippen molar-refractivity contribution in [1.82, 2.24) is 5.32 Å². The average Bonchev–Trinajstić information content (AvgIpc) is 2.47. The maximum Gasteiger partial charge on any atom is 0.171 e. The summed E-state index contributed by atoms with van der Waals surface area (Å²) in [6.07, 6.45) is 0.883. The van der Waals surface area contributed by atoms with Crippen LogP contribution in [0, 0.1) is 11.6 Å². The molecule has 2 nitrogen and oxygen atoms in total. The van der Waals surface area contributed by atoms with Gasteiger partial charge in [-0.15, -0.1) is 0 Å². The standard InChI is InChI=1S/C17H18F2N2S/c1-3-12-6-4-5-7-16(12)21-17(22)20-11(2)14-9-8-13(18)10-15(14)19/h4-11H,3H2,1-2H3,(H2,20,21,22)/t11-/m1/s1. The third kappa shape index (κ3) is 4.01. The van der Waals surface area contributed by atoms with Crippen LogP contribution in [0.25, 0.3) is 0 Å². The molecule has 2 N–H and O–H groups in total. The molecule has 0 saturated carbocycles. The predicted octanol–water partition coefficient (Wildman–Crippen LogP) is 4.57. The summed E-state index contributed by atoms with van der Waals surface area (Å²) in [5, 5.41) is 6.53. The Morgan fingerprint density at radius 1 is 1.18 bits per heavy atom. The lowest BCUT2D eigenvalue weighted by Crippen LogP contribution is -2.31. The van der Waals surface area contributed by atoms with Gasteiger partial charge in [-0.25, -0.2) is 8.78 Å². The Morgan fingerprint density at radius 3 is 2.59 bits per heavy atom. The van der Waals surface area contributed by atoms with Gasteiger partial charge in [0, 0.05) is 17.3 Å². The molecule has 0 aliphatic heterocycles. The minimum atomic E-state index is -0.592. The molecule has 0 spiro atoms. The number of rotatable bonds is 4. The maximum absolute atomic E-state index is 13.8. The van der Waals surface area contributed by atoms with Gasteiger partial charge >= 0.3 is 0 Å². The molecule has 0 aromatic heterocycles. The highest BCUT2D eigenvalue weighted by Crippen LogP contribution is 2.19. The first-order chi connectivity index (χ1) is 10.5. The Kier molecular flexibility index (Phi) is 5.44. The summed E-state index contributed by atoms with van der Waals surface area (Å²) in [5.41, 5.74) is 2.44. The van der Waals surface area contributed by atoms with E-state index in [-0.39, 0.29) is 6.04 Å². The van der Waals surface area contributed by atoms with Crippen molar-refractivity contribution >= 4 is 23.0 Å². The van der Waals surface area contributed by atoms with Crippen LogP contribution in [0.2, 0.25) is 0 Å². The molecule has 0 bridgehead atoms. The first-order valence-corrected chi connectivity index (χ1v) is 7.52. The van der Waals surface area contributed by atoms with E-state index < -0.39 is 11.6 Å². The topological polar surface area (TPSA) is 24.1 Å². The number of thiocarbonyl (C=S) groups is 1. The van der Waals surface area contributed by atoms with Crippen LogP contribution in [0.3, 0.4) is 0 Å². The molecule has 2 aromatic carbocycles. The van der Waals surface area contributed by atoms with Crippen LogP contribution >= 0.6 is 12.2 Å². The second kappa shape index (κ2) is 7.31. The molecule has 0 fully saturated rings. The highest BCUT2D eigenvalue weighted by Gasteiger charge is 2.13. The summed E-state index contributed by atoms with van der Waals surface area (Å²) in [4.78, 5) is 0. The van der Waals surface area contributed by atoms with Crippen molar-refractivity contribution in [2.75, 3.05) is 5.32 Å². The number of hydrogen-bond acceptors (Lipinski definition) is 1. The van der Waals surface area contributed by atoms with Gasteiger partial charge in [0.2, 0.25) is 0 Å². The van der Waals surface area contributed by atoms with Crippen molar-refractivity contribution < 1.29 is 8.78 Å². The lowest BCUT2D eigenvalue weighted by atomic mass is 10.1. The van der Waals surface area contributed by atoms with E-state index in [2.05, 4.69) is 17.6 Å². The molecule has 0 saturated heterocycles. The van der Waals surface area contributed by atoms with Crippen LogP contribution in [0.15, 0.2) is 42.5 Å². The fourth-order valence-corrected chi connectivity index (χ4v) is 2.52. The van der Waals surface area contributed by atoms with Crippen LogP contribution in [-0.4, -0.2) is 5.11 Å². The molecule has 0 aliphatic rings. The molecule has 0 aliphatic carbocycles. The first kappa shape index (κ1) is 16.4. The largest absolute Gasteiger partial charge is 0.356 e. The molecule has 0 unspecified atom stereocenters. The zero-order valence-corrected chi connectivity index (χ0v) is 13.3. The smallest absolute Gasteiger partial charge is 0.171 e. The second-order valence-corrected chi connectivity index (χ2v) is 5.40. The number of hydrogen-bond donors (Lipinski definition) is 2. The van der Waals surface area contributed by atoms with E-state index in [0.717, 1.165) is 23.7 Å². The van der Waals surface area contributed by atoms with E-state index >= 15 is 0 Å². The molecule has 2 rings (SSSR count). The molecular weight excluding hydrogens is 302 g/mol. The lowest BCUT2D eigenvalue weighted by Gasteiger charge is -2.19. The molecule has 0 amide bonds. The van der Waals surface area contributed by atoms with Crippen molar-refractivity contribution in [1.29, 1.82) is 0 Å². The van der Waals surface area contributed by atoms with Gasteiger partial charge in [-0.05, 0) is 43.3 Å². The Labute approximate surface area is 134 Å². The zero-order chi connectivity index (χ0) is 16.1. The maximum atomic E-state index is 13.8. The summed E-state index contributed by atoms with van der Waals surface area (Å²) >= 11 is 5.27. The van der Waals surface area contributed by atoms with Gasteiger partial charge in [0.05, 0.1) is 6.04 Å². The second-order valence-electron chi connectivity index (χ2n) is 5.00. The molecule has 22 heavy (non-hydrogen) atoms. The molecular formula is C17H18F2N2S. The fraction of sp³-hybridized carbons (Fsp3) is 0.235. The van der Waals surface area contributed by atoms with E-state index in [0.29, 0.717) is 10.7 Å². The molecule has 5 heteroatoms. The normalized spacial score (nSPS) is 11.8. The molecule has 0 heterocycles. The minimum Gasteiger partial charge on any atom is -0.356 e. The van der Waals surface area contributed by atoms with Crippen LogP contribution in [0.1, 0.15) is 31.0 Å². The van der Waals surface area contributed by atoms with Crippen LogP contribution in [0.5, 0.6) is 0 Å². The molecule has 116 valence electrons. The van der Waals surface area contributed by atoms with Crippen LogP contribution in [0.4, 0.5) is 14.5 Å². The van der Waals surface area contributed by atoms with E-state index in [1.807, 2.05) is 24.3 Å². The third-order valence-electron chi connectivity index (χ3n) is 3.42. The monoisotopic (exact) mass is 320 g/mol. The van der Waals surface area contributed by atoms with Gasteiger partial charge in [-0.3, -0.25) is 0 Å². The molecule has 0 radical (unpaired) electrons. The van der Waals surface area contributed by atoms with Crippen molar-refractivity contribution in [3.63, 3.8) is 0 Å². The Hall–Kier alpha value is -2.01. The van der Waals surface area contributed by atoms with Crippen molar-refractivity contribution in [3.05, 3.63) is 65.2 Å². The van der Waals surface area contributed by atoms with Crippen molar-refractivity contribution in [2.45, 2.75) is 26.3 Å². The predicted molar refractivity (Wildman–Crippen MR) is 89.9 cm³/mol. The van der Waals surface area contributed by atoms with Crippen molar-refractivity contribution in [3.8, 4) is 0 Å². The van der Waals surface area contributed by atoms with Crippen LogP contribution in [-0.2, 0) is 6.42 Å². The summed E-state index contributed by atoms with van der Waals surface area (Å²) in [6.45, 7) is 3.84. The third-order valence-corrected chi connectivity index (χ3v) is 3.64. The van der Waals surface area contributed by atoms with Gasteiger partial charge in [0.25, 0.3) is 0 Å².